The molecule has 0 aliphatic carbocycles. The molecule has 1 atom stereocenters. The first kappa shape index (κ1) is 12.0. The molecule has 0 aliphatic heterocycles. The highest BCUT2D eigenvalue weighted by Crippen LogP contribution is 2.16. The minimum atomic E-state index is -0.491. The zero-order chi connectivity index (χ0) is 13.1. The van der Waals surface area contributed by atoms with Gasteiger partial charge in [0.15, 0.2) is 0 Å². The van der Waals surface area contributed by atoms with Gasteiger partial charge in [0, 0.05) is 5.56 Å². The van der Waals surface area contributed by atoms with Crippen LogP contribution in [-0.4, -0.2) is 21.1 Å². The molecule has 7 heteroatoms. The zero-order valence-corrected chi connectivity index (χ0v) is 9.64. The Morgan fingerprint density at radius 3 is 2.83 bits per heavy atom. The van der Waals surface area contributed by atoms with Crippen LogP contribution in [0.2, 0.25) is 0 Å². The predicted molar refractivity (Wildman–Crippen MR) is 63.1 cm³/mol. The first-order chi connectivity index (χ1) is 8.58. The number of carbonyl (C=O) groups is 1. The third kappa shape index (κ3) is 2.45. The fraction of sp³-hybridized carbons (Fsp3) is 0.182. The van der Waals surface area contributed by atoms with E-state index in [2.05, 4.69) is 20.5 Å². The van der Waals surface area contributed by atoms with E-state index in [0.29, 0.717) is 5.56 Å². The maximum absolute atomic E-state index is 13.5. The Morgan fingerprint density at radius 2 is 2.22 bits per heavy atom. The molecule has 0 fully saturated rings. The normalized spacial score (nSPS) is 12.1. The number of aromatic nitrogens is 3. The monoisotopic (exact) mass is 249 g/mol. The van der Waals surface area contributed by atoms with E-state index in [4.69, 9.17) is 5.73 Å². The number of nitrogens with two attached hydrogens (primary N) is 1. The Labute approximate surface area is 102 Å². The van der Waals surface area contributed by atoms with Crippen molar-refractivity contribution in [3.8, 4) is 0 Å². The molecule has 0 spiro atoms. The highest BCUT2D eigenvalue weighted by molar-refractivity contribution is 5.90. The lowest BCUT2D eigenvalue weighted by Gasteiger charge is -2.13. The third-order valence-corrected chi connectivity index (χ3v) is 2.44. The molecule has 0 saturated carbocycles. The molecule has 1 heterocycles. The van der Waals surface area contributed by atoms with Crippen LogP contribution in [0.5, 0.6) is 0 Å². The molecule has 94 valence electrons. The minimum Gasteiger partial charge on any atom is -0.366 e. The molecule has 0 unspecified atom stereocenters. The molecule has 0 bridgehead atoms. The van der Waals surface area contributed by atoms with Crippen LogP contribution < -0.4 is 11.1 Å². The van der Waals surface area contributed by atoms with Crippen molar-refractivity contribution in [3.63, 3.8) is 0 Å². The Hall–Kier alpha value is -2.44. The van der Waals surface area contributed by atoms with Gasteiger partial charge in [-0.3, -0.25) is 9.89 Å². The Morgan fingerprint density at radius 1 is 1.50 bits per heavy atom. The average Bonchev–Trinajstić information content (AvgIpc) is 2.76. The minimum absolute atomic E-state index is 0.00399. The molecule has 2 rings (SSSR count). The lowest BCUT2D eigenvalue weighted by atomic mass is 10.1. The maximum atomic E-state index is 13.5. The first-order valence-electron chi connectivity index (χ1n) is 5.31. The molecule has 2 aromatic rings. The van der Waals surface area contributed by atoms with Gasteiger partial charge in [0.1, 0.15) is 5.82 Å². The summed E-state index contributed by atoms with van der Waals surface area (Å²) in [5.74, 6) is -0.883. The van der Waals surface area contributed by atoms with Crippen molar-refractivity contribution in [3.05, 3.63) is 41.5 Å². The van der Waals surface area contributed by atoms with Crippen molar-refractivity contribution in [2.75, 3.05) is 5.73 Å². The number of hydrogen-bond donors (Lipinski definition) is 3. The van der Waals surface area contributed by atoms with E-state index in [0.717, 1.165) is 0 Å². The van der Waals surface area contributed by atoms with Crippen molar-refractivity contribution in [2.45, 2.75) is 13.0 Å². The molecular formula is C11H12FN5O. The average molecular weight is 249 g/mol. The summed E-state index contributed by atoms with van der Waals surface area (Å²) in [5.41, 5.74) is 5.69. The second kappa shape index (κ2) is 4.82. The SMILES string of the molecule is C[C@@H](NC(=O)c1nc(N)n[nH]1)c1ccccc1F. The highest BCUT2D eigenvalue weighted by atomic mass is 19.1. The highest BCUT2D eigenvalue weighted by Gasteiger charge is 2.16. The topological polar surface area (TPSA) is 96.7 Å². The summed E-state index contributed by atoms with van der Waals surface area (Å²) in [7, 11) is 0. The van der Waals surface area contributed by atoms with Gasteiger partial charge in [-0.1, -0.05) is 18.2 Å². The number of rotatable bonds is 3. The lowest BCUT2D eigenvalue weighted by Crippen LogP contribution is -2.28. The standard InChI is InChI=1S/C11H12FN5O/c1-6(7-4-2-3-5-8(7)12)14-10(18)9-15-11(13)17-16-9/h2-6H,1H3,(H,14,18)(H3,13,15,16,17)/t6-/m1/s1. The van der Waals surface area contributed by atoms with E-state index < -0.39 is 11.9 Å². The van der Waals surface area contributed by atoms with Gasteiger partial charge in [-0.15, -0.1) is 5.10 Å². The van der Waals surface area contributed by atoms with Gasteiger partial charge in [-0.25, -0.2) is 4.39 Å². The summed E-state index contributed by atoms with van der Waals surface area (Å²) in [4.78, 5) is 15.4. The number of carbonyl (C=O) groups excluding carboxylic acids is 1. The second-order valence-electron chi connectivity index (χ2n) is 3.76. The molecule has 18 heavy (non-hydrogen) atoms. The molecule has 1 aromatic carbocycles. The number of benzene rings is 1. The van der Waals surface area contributed by atoms with Gasteiger partial charge in [-0.2, -0.15) is 4.98 Å². The van der Waals surface area contributed by atoms with Gasteiger partial charge in [-0.05, 0) is 13.0 Å². The van der Waals surface area contributed by atoms with Crippen LogP contribution in [0.4, 0.5) is 10.3 Å². The number of nitrogens with zero attached hydrogens (tertiary/aromatic N) is 2. The molecule has 0 saturated heterocycles. The molecule has 1 amide bonds. The summed E-state index contributed by atoms with van der Waals surface area (Å²) in [6, 6.07) is 5.75. The number of nitrogen functional groups attached to an aromatic ring is 1. The van der Waals surface area contributed by atoms with Gasteiger partial charge >= 0.3 is 0 Å². The molecule has 1 aromatic heterocycles. The van der Waals surface area contributed by atoms with Gasteiger partial charge in [0.2, 0.25) is 11.8 Å². The maximum Gasteiger partial charge on any atom is 0.289 e. The summed E-state index contributed by atoms with van der Waals surface area (Å²) in [6.07, 6.45) is 0. The number of anilines is 1. The van der Waals surface area contributed by atoms with Crippen molar-refractivity contribution in [2.24, 2.45) is 0 Å². The van der Waals surface area contributed by atoms with Crippen LogP contribution in [-0.2, 0) is 0 Å². The van der Waals surface area contributed by atoms with E-state index in [1.54, 1.807) is 25.1 Å². The number of hydrogen-bond acceptors (Lipinski definition) is 4. The Balaban J connectivity index is 2.10. The van der Waals surface area contributed by atoms with Gasteiger partial charge in [0.05, 0.1) is 6.04 Å². The van der Waals surface area contributed by atoms with E-state index in [1.807, 2.05) is 0 Å². The van der Waals surface area contributed by atoms with E-state index in [9.17, 15) is 9.18 Å². The van der Waals surface area contributed by atoms with Crippen LogP contribution in [0.1, 0.15) is 29.1 Å². The van der Waals surface area contributed by atoms with E-state index >= 15 is 0 Å². The van der Waals surface area contributed by atoms with Crippen LogP contribution in [0.25, 0.3) is 0 Å². The number of nitrogens with one attached hydrogen (secondary N) is 2. The van der Waals surface area contributed by atoms with Gasteiger partial charge < -0.3 is 11.1 Å². The first-order valence-corrected chi connectivity index (χ1v) is 5.31. The molecule has 0 aliphatic rings. The zero-order valence-electron chi connectivity index (χ0n) is 9.64. The quantitative estimate of drug-likeness (QED) is 0.756. The number of halogens is 1. The molecule has 6 nitrogen and oxygen atoms in total. The van der Waals surface area contributed by atoms with Crippen molar-refractivity contribution in [1.82, 2.24) is 20.5 Å². The van der Waals surface area contributed by atoms with E-state index in [1.165, 1.54) is 6.07 Å². The fourth-order valence-corrected chi connectivity index (χ4v) is 1.55. The van der Waals surface area contributed by atoms with Crippen molar-refractivity contribution < 1.29 is 9.18 Å². The van der Waals surface area contributed by atoms with Crippen molar-refractivity contribution >= 4 is 11.9 Å². The summed E-state index contributed by atoms with van der Waals surface area (Å²) < 4.78 is 13.5. The fourth-order valence-electron chi connectivity index (χ4n) is 1.55. The number of H-pyrrole nitrogens is 1. The van der Waals surface area contributed by atoms with Crippen LogP contribution in [0.15, 0.2) is 24.3 Å². The summed E-state index contributed by atoms with van der Waals surface area (Å²) in [6.45, 7) is 1.68. The van der Waals surface area contributed by atoms with Gasteiger partial charge in [0.25, 0.3) is 5.91 Å². The Bertz CT molecular complexity index is 568. The summed E-state index contributed by atoms with van der Waals surface area (Å²) >= 11 is 0. The van der Waals surface area contributed by atoms with E-state index in [-0.39, 0.29) is 17.6 Å². The number of aromatic amines is 1. The Kier molecular flexibility index (Phi) is 3.22. The number of amides is 1. The molecule has 0 radical (unpaired) electrons. The van der Waals surface area contributed by atoms with Crippen LogP contribution >= 0.6 is 0 Å². The molecular weight excluding hydrogens is 237 g/mol. The van der Waals surface area contributed by atoms with Crippen molar-refractivity contribution in [1.29, 1.82) is 0 Å². The largest absolute Gasteiger partial charge is 0.366 e. The van der Waals surface area contributed by atoms with Crippen LogP contribution in [0, 0.1) is 5.82 Å². The van der Waals surface area contributed by atoms with Crippen LogP contribution in [0.3, 0.4) is 0 Å². The smallest absolute Gasteiger partial charge is 0.289 e. The third-order valence-electron chi connectivity index (χ3n) is 2.44. The second-order valence-corrected chi connectivity index (χ2v) is 3.76. The summed E-state index contributed by atoms with van der Waals surface area (Å²) in [5, 5.41) is 8.53. The molecule has 4 N–H and O–H groups in total. The lowest BCUT2D eigenvalue weighted by molar-refractivity contribution is 0.0929. The predicted octanol–water partition coefficient (Wildman–Crippen LogP) is 1.02.